The van der Waals surface area contributed by atoms with Gasteiger partial charge in [0.1, 0.15) is 0 Å². The van der Waals surface area contributed by atoms with E-state index in [4.69, 9.17) is 0 Å². The number of fused-ring (bicyclic) bond motifs is 1. The van der Waals surface area contributed by atoms with E-state index in [9.17, 15) is 0 Å². The van der Waals surface area contributed by atoms with Gasteiger partial charge in [0.05, 0.1) is 8.80 Å². The second-order valence-corrected chi connectivity index (χ2v) is 11.3. The summed E-state index contributed by atoms with van der Waals surface area (Å²) in [5.74, 6) is 0.510. The standard InChI is InChI=1S/C27H31Si/c1-16-15-22-13-14-23(28(6)7)26(21-11-9-8-10-12-21)27(22)24(16)25-19(4)17(2)18(3)20(25)5/h8-14,19H,15H2,1-7H3. The highest BCUT2D eigenvalue weighted by Gasteiger charge is 2.33. The van der Waals surface area contributed by atoms with E-state index in [0.717, 1.165) is 6.42 Å². The zero-order chi connectivity index (χ0) is 20.2. The zero-order valence-corrected chi connectivity index (χ0v) is 19.3. The maximum absolute atomic E-state index is 2.42. The minimum Gasteiger partial charge on any atom is -0.0671 e. The minimum absolute atomic E-state index is 0.510. The van der Waals surface area contributed by atoms with Crippen LogP contribution in [0.5, 0.6) is 0 Å². The zero-order valence-electron chi connectivity index (χ0n) is 18.3. The molecular formula is C27H31Si. The van der Waals surface area contributed by atoms with Crippen LogP contribution in [-0.2, 0) is 6.42 Å². The van der Waals surface area contributed by atoms with Crippen LogP contribution in [0.4, 0.5) is 0 Å². The lowest BCUT2D eigenvalue weighted by atomic mass is 9.84. The van der Waals surface area contributed by atoms with Crippen LogP contribution in [0, 0.1) is 5.92 Å². The summed E-state index contributed by atoms with van der Waals surface area (Å²) < 4.78 is 0. The number of benzene rings is 2. The van der Waals surface area contributed by atoms with Crippen LogP contribution in [0.3, 0.4) is 0 Å². The molecule has 0 amide bonds. The Hall–Kier alpha value is -2.12. The fourth-order valence-electron chi connectivity index (χ4n) is 5.12. The summed E-state index contributed by atoms with van der Waals surface area (Å²) in [4.78, 5) is 0. The number of allylic oxidation sites excluding steroid dienone is 6. The van der Waals surface area contributed by atoms with Gasteiger partial charge in [-0.25, -0.2) is 0 Å². The first-order valence-electron chi connectivity index (χ1n) is 10.4. The molecule has 2 aliphatic rings. The van der Waals surface area contributed by atoms with E-state index >= 15 is 0 Å². The van der Waals surface area contributed by atoms with Crippen molar-refractivity contribution in [3.8, 4) is 11.1 Å². The summed E-state index contributed by atoms with van der Waals surface area (Å²) in [6.07, 6.45) is 1.09. The van der Waals surface area contributed by atoms with E-state index in [1.165, 1.54) is 44.5 Å². The summed E-state index contributed by atoms with van der Waals surface area (Å²) in [5, 5.41) is 1.56. The molecule has 1 heteroatoms. The Morgan fingerprint density at radius 1 is 0.821 bits per heavy atom. The molecule has 4 rings (SSSR count). The molecule has 0 saturated heterocycles. The lowest BCUT2D eigenvalue weighted by molar-refractivity contribution is 0.841. The molecule has 0 aliphatic heterocycles. The molecule has 0 aromatic heterocycles. The van der Waals surface area contributed by atoms with E-state index in [0.29, 0.717) is 5.92 Å². The molecule has 0 heterocycles. The van der Waals surface area contributed by atoms with Crippen LogP contribution in [0.2, 0.25) is 13.1 Å². The molecule has 0 N–H and O–H groups in total. The molecule has 2 aromatic rings. The molecule has 0 spiro atoms. The van der Waals surface area contributed by atoms with E-state index in [-0.39, 0.29) is 0 Å². The van der Waals surface area contributed by atoms with Gasteiger partial charge < -0.3 is 0 Å². The predicted molar refractivity (Wildman–Crippen MR) is 126 cm³/mol. The van der Waals surface area contributed by atoms with Gasteiger partial charge in [-0.3, -0.25) is 0 Å². The summed E-state index contributed by atoms with van der Waals surface area (Å²) in [6, 6.07) is 15.9. The molecule has 1 unspecified atom stereocenters. The Balaban J connectivity index is 2.03. The number of hydrogen-bond acceptors (Lipinski definition) is 0. The molecule has 143 valence electrons. The van der Waals surface area contributed by atoms with Gasteiger partial charge in [-0.2, -0.15) is 0 Å². The maximum atomic E-state index is 2.42. The molecule has 0 fully saturated rings. The third-order valence-electron chi connectivity index (χ3n) is 6.94. The second kappa shape index (κ2) is 7.04. The Morgan fingerprint density at radius 3 is 2.07 bits per heavy atom. The Morgan fingerprint density at radius 2 is 1.50 bits per heavy atom. The summed E-state index contributed by atoms with van der Waals surface area (Å²) >= 11 is 0. The van der Waals surface area contributed by atoms with Gasteiger partial charge in [0, 0.05) is 5.92 Å². The highest BCUT2D eigenvalue weighted by atomic mass is 28.3. The SMILES string of the molecule is CC1=C(C2=C(C)C(C)=C(C)C2C)c2c(ccc([Si](C)C)c2-c2ccccc2)C1. The van der Waals surface area contributed by atoms with Gasteiger partial charge in [0.2, 0.25) is 0 Å². The topological polar surface area (TPSA) is 0 Å². The fraction of sp³-hybridized carbons (Fsp3) is 0.333. The average Bonchev–Trinajstić information content (AvgIpc) is 3.10. The van der Waals surface area contributed by atoms with E-state index in [2.05, 4.69) is 90.2 Å². The molecule has 0 nitrogen and oxygen atoms in total. The normalized spacial score (nSPS) is 19.4. The molecule has 2 aliphatic carbocycles. The van der Waals surface area contributed by atoms with Crippen molar-refractivity contribution in [2.75, 3.05) is 0 Å². The van der Waals surface area contributed by atoms with Gasteiger partial charge >= 0.3 is 0 Å². The quantitative estimate of drug-likeness (QED) is 0.503. The Kier molecular flexibility index (Phi) is 4.83. The van der Waals surface area contributed by atoms with Crippen molar-refractivity contribution in [2.45, 2.75) is 54.1 Å². The minimum atomic E-state index is -0.570. The molecule has 0 bridgehead atoms. The highest BCUT2D eigenvalue weighted by Crippen LogP contribution is 2.50. The van der Waals surface area contributed by atoms with Crippen LogP contribution < -0.4 is 5.19 Å². The summed E-state index contributed by atoms with van der Waals surface area (Å²) in [6.45, 7) is 16.5. The van der Waals surface area contributed by atoms with E-state index in [1.54, 1.807) is 16.3 Å². The van der Waals surface area contributed by atoms with Crippen LogP contribution in [0.1, 0.15) is 45.7 Å². The van der Waals surface area contributed by atoms with Crippen molar-refractivity contribution in [1.82, 2.24) is 0 Å². The monoisotopic (exact) mass is 383 g/mol. The van der Waals surface area contributed by atoms with E-state index < -0.39 is 8.80 Å². The largest absolute Gasteiger partial charge is 0.0800 e. The molecule has 2 aromatic carbocycles. The van der Waals surface area contributed by atoms with Crippen LogP contribution >= 0.6 is 0 Å². The Labute approximate surface area is 172 Å². The van der Waals surface area contributed by atoms with Gasteiger partial charge in [-0.05, 0) is 78.7 Å². The second-order valence-electron chi connectivity index (χ2n) is 8.79. The van der Waals surface area contributed by atoms with Gasteiger partial charge in [0.25, 0.3) is 0 Å². The summed E-state index contributed by atoms with van der Waals surface area (Å²) in [7, 11) is -0.570. The Bertz CT molecular complexity index is 1050. The van der Waals surface area contributed by atoms with Crippen molar-refractivity contribution >= 4 is 19.6 Å². The smallest absolute Gasteiger partial charge is 0.0671 e. The van der Waals surface area contributed by atoms with Crippen LogP contribution in [0.15, 0.2) is 70.3 Å². The first-order valence-corrected chi connectivity index (χ1v) is 12.9. The van der Waals surface area contributed by atoms with Gasteiger partial charge in [-0.15, -0.1) is 0 Å². The fourth-order valence-corrected chi connectivity index (χ4v) is 6.31. The molecule has 0 saturated carbocycles. The third-order valence-corrected chi connectivity index (χ3v) is 8.43. The van der Waals surface area contributed by atoms with Gasteiger partial charge in [-0.1, -0.05) is 78.8 Å². The van der Waals surface area contributed by atoms with Crippen LogP contribution in [-0.4, -0.2) is 8.80 Å². The third kappa shape index (κ3) is 2.79. The molecule has 1 atom stereocenters. The summed E-state index contributed by atoms with van der Waals surface area (Å²) in [5.41, 5.74) is 15.1. The lowest BCUT2D eigenvalue weighted by Gasteiger charge is -2.23. The van der Waals surface area contributed by atoms with Gasteiger partial charge in [0.15, 0.2) is 0 Å². The maximum Gasteiger partial charge on any atom is 0.0800 e. The molecule has 1 radical (unpaired) electrons. The van der Waals surface area contributed by atoms with E-state index in [1.807, 2.05) is 0 Å². The number of rotatable bonds is 3. The lowest BCUT2D eigenvalue weighted by Crippen LogP contribution is -2.26. The van der Waals surface area contributed by atoms with Crippen molar-refractivity contribution < 1.29 is 0 Å². The average molecular weight is 384 g/mol. The number of hydrogen-bond donors (Lipinski definition) is 0. The van der Waals surface area contributed by atoms with Crippen molar-refractivity contribution in [3.05, 3.63) is 81.5 Å². The highest BCUT2D eigenvalue weighted by molar-refractivity contribution is 6.72. The first-order chi connectivity index (χ1) is 13.3. The molecule has 28 heavy (non-hydrogen) atoms. The van der Waals surface area contributed by atoms with Crippen molar-refractivity contribution in [3.63, 3.8) is 0 Å². The predicted octanol–water partition coefficient (Wildman–Crippen LogP) is 6.95. The van der Waals surface area contributed by atoms with Crippen LogP contribution in [0.25, 0.3) is 16.7 Å². The van der Waals surface area contributed by atoms with Crippen molar-refractivity contribution in [2.24, 2.45) is 5.92 Å². The van der Waals surface area contributed by atoms with Crippen molar-refractivity contribution in [1.29, 1.82) is 0 Å². The molecular weight excluding hydrogens is 352 g/mol. The first kappa shape index (κ1) is 19.2.